The van der Waals surface area contributed by atoms with Gasteiger partial charge in [-0.3, -0.25) is 9.59 Å². The smallest absolute Gasteiger partial charge is 0.197 e. The monoisotopic (exact) mass is 540 g/mol. The Bertz CT molecular complexity index is 1770. The van der Waals surface area contributed by atoms with Crippen LogP contribution >= 0.6 is 0 Å². The summed E-state index contributed by atoms with van der Waals surface area (Å²) in [4.78, 5) is 30.8. The first-order chi connectivity index (χ1) is 19.5. The Morgan fingerprint density at radius 2 is 1.18 bits per heavy atom. The number of H-pyrrole nitrogens is 1. The molecule has 210 valence electrons. The summed E-state index contributed by atoms with van der Waals surface area (Å²) in [6.45, 7) is 8.39. The van der Waals surface area contributed by atoms with Gasteiger partial charge in [-0.1, -0.05) is 52.4 Å². The predicted octanol–water partition coefficient (Wildman–Crippen LogP) is 8.09. The van der Waals surface area contributed by atoms with Crippen LogP contribution in [0, 0.1) is 0 Å². The molecule has 6 nitrogen and oxygen atoms in total. The van der Waals surface area contributed by atoms with Crippen LogP contribution in [0.5, 0.6) is 11.5 Å². The summed E-state index contributed by atoms with van der Waals surface area (Å²) >= 11 is 0. The molecule has 0 bridgehead atoms. The van der Waals surface area contributed by atoms with Gasteiger partial charge in [-0.15, -0.1) is 0 Å². The number of aromatic amines is 1. The number of pyridine rings is 2. The first kappa shape index (κ1) is 27.8. The number of benzene rings is 3. The molecule has 0 saturated heterocycles. The molecule has 5 rings (SSSR count). The lowest BCUT2D eigenvalue weighted by Gasteiger charge is -2.15. The van der Waals surface area contributed by atoms with Gasteiger partial charge >= 0.3 is 0 Å². The molecule has 0 amide bonds. The quantitative estimate of drug-likeness (QED) is 0.121. The molecule has 0 fully saturated rings. The van der Waals surface area contributed by atoms with Gasteiger partial charge in [0.15, 0.2) is 10.9 Å². The zero-order valence-corrected chi connectivity index (χ0v) is 24.0. The van der Waals surface area contributed by atoms with Crippen molar-refractivity contribution in [1.29, 1.82) is 0 Å². The van der Waals surface area contributed by atoms with Crippen molar-refractivity contribution in [3.8, 4) is 11.5 Å². The molecule has 0 spiro atoms. The molecule has 2 aromatic heterocycles. The lowest BCUT2D eigenvalue weighted by Crippen LogP contribution is -2.13. The Kier molecular flexibility index (Phi) is 8.73. The van der Waals surface area contributed by atoms with Crippen LogP contribution in [0.25, 0.3) is 43.6 Å². The fourth-order valence-corrected chi connectivity index (χ4v) is 5.56. The number of nitrogens with one attached hydrogen (secondary N) is 1. The SMILES string of the molecule is CCCCCCOc1ccc2[nH]c3cc4c(=O)c5cc(OCCCCCC)ccc5n(CC)c4cc3c(=O)c2c1. The van der Waals surface area contributed by atoms with Crippen LogP contribution in [-0.4, -0.2) is 22.8 Å². The summed E-state index contributed by atoms with van der Waals surface area (Å²) in [7, 11) is 0. The number of unbranched alkanes of at least 4 members (excludes halogenated alkanes) is 6. The average Bonchev–Trinajstić information content (AvgIpc) is 2.97. The van der Waals surface area contributed by atoms with Gasteiger partial charge in [0, 0.05) is 28.1 Å². The second kappa shape index (κ2) is 12.6. The van der Waals surface area contributed by atoms with Crippen LogP contribution in [0.3, 0.4) is 0 Å². The first-order valence-electron chi connectivity index (χ1n) is 14.9. The van der Waals surface area contributed by atoms with Crippen molar-refractivity contribution in [3.63, 3.8) is 0 Å². The van der Waals surface area contributed by atoms with Crippen molar-refractivity contribution >= 4 is 43.6 Å². The minimum Gasteiger partial charge on any atom is -0.494 e. The number of aryl methyl sites for hydroxylation is 1. The van der Waals surface area contributed by atoms with Crippen molar-refractivity contribution in [2.24, 2.45) is 0 Å². The van der Waals surface area contributed by atoms with Crippen molar-refractivity contribution in [2.45, 2.75) is 78.7 Å². The third-order valence-corrected chi connectivity index (χ3v) is 7.77. The van der Waals surface area contributed by atoms with Gasteiger partial charge in [0.1, 0.15) is 11.5 Å². The van der Waals surface area contributed by atoms with Gasteiger partial charge < -0.3 is 19.0 Å². The molecular formula is C34H40N2O4. The van der Waals surface area contributed by atoms with E-state index >= 15 is 0 Å². The van der Waals surface area contributed by atoms with Crippen LogP contribution in [0.2, 0.25) is 0 Å². The van der Waals surface area contributed by atoms with Gasteiger partial charge in [-0.05, 0) is 68.3 Å². The molecule has 1 N–H and O–H groups in total. The Balaban J connectivity index is 1.56. The molecule has 0 aliphatic rings. The number of rotatable bonds is 13. The molecule has 0 aliphatic carbocycles. The van der Waals surface area contributed by atoms with E-state index in [0.29, 0.717) is 58.3 Å². The fourth-order valence-electron chi connectivity index (χ4n) is 5.56. The van der Waals surface area contributed by atoms with Gasteiger partial charge in [0.05, 0.1) is 35.3 Å². The van der Waals surface area contributed by atoms with Gasteiger partial charge in [-0.2, -0.15) is 0 Å². The number of hydrogen-bond donors (Lipinski definition) is 1. The highest BCUT2D eigenvalue weighted by atomic mass is 16.5. The largest absolute Gasteiger partial charge is 0.494 e. The molecule has 0 unspecified atom stereocenters. The number of aromatic nitrogens is 2. The summed E-state index contributed by atoms with van der Waals surface area (Å²) in [5, 5.41) is 2.37. The number of nitrogens with zero attached hydrogens (tertiary/aromatic N) is 1. The van der Waals surface area contributed by atoms with E-state index < -0.39 is 0 Å². The van der Waals surface area contributed by atoms with Crippen molar-refractivity contribution in [2.75, 3.05) is 13.2 Å². The van der Waals surface area contributed by atoms with E-state index in [1.54, 1.807) is 0 Å². The van der Waals surface area contributed by atoms with Crippen molar-refractivity contribution in [1.82, 2.24) is 9.55 Å². The molecule has 5 aromatic rings. The second-order valence-corrected chi connectivity index (χ2v) is 10.6. The Morgan fingerprint density at radius 3 is 1.82 bits per heavy atom. The number of ether oxygens (including phenoxy) is 2. The van der Waals surface area contributed by atoms with Crippen molar-refractivity contribution < 1.29 is 9.47 Å². The molecule has 0 radical (unpaired) electrons. The van der Waals surface area contributed by atoms with Gasteiger partial charge in [0.25, 0.3) is 0 Å². The summed E-state index contributed by atoms with van der Waals surface area (Å²) in [6, 6.07) is 15.1. The zero-order valence-electron chi connectivity index (χ0n) is 24.0. The summed E-state index contributed by atoms with van der Waals surface area (Å²) in [5.74, 6) is 1.42. The summed E-state index contributed by atoms with van der Waals surface area (Å²) < 4.78 is 14.0. The van der Waals surface area contributed by atoms with Crippen LogP contribution in [-0.2, 0) is 6.54 Å². The Morgan fingerprint density at radius 1 is 0.600 bits per heavy atom. The van der Waals surface area contributed by atoms with E-state index in [0.717, 1.165) is 42.2 Å². The lowest BCUT2D eigenvalue weighted by molar-refractivity contribution is 0.305. The van der Waals surface area contributed by atoms with Crippen LogP contribution in [0.4, 0.5) is 0 Å². The van der Waals surface area contributed by atoms with E-state index in [9.17, 15) is 9.59 Å². The lowest BCUT2D eigenvalue weighted by atomic mass is 10.0. The topological polar surface area (TPSA) is 73.3 Å². The Hall–Kier alpha value is -3.80. The fraction of sp³-hybridized carbons (Fsp3) is 0.412. The molecule has 0 saturated carbocycles. The molecule has 40 heavy (non-hydrogen) atoms. The molecule has 0 atom stereocenters. The molecular weight excluding hydrogens is 500 g/mol. The normalized spacial score (nSPS) is 11.7. The molecule has 2 heterocycles. The highest BCUT2D eigenvalue weighted by Crippen LogP contribution is 2.27. The maximum absolute atomic E-state index is 13.7. The van der Waals surface area contributed by atoms with E-state index in [4.69, 9.17) is 9.47 Å². The standard InChI is InChI=1S/C34H40N2O4/c1-4-7-9-11-17-39-23-13-15-29-25(19-23)33(37)26-22-32-28(21-30(26)35-29)34(38)27-20-24(40-18-12-10-8-5-2)14-16-31(27)36(32)6-3/h13-16,19-22H,4-12,17-18H2,1-3H3,(H,35,37). The highest BCUT2D eigenvalue weighted by molar-refractivity contribution is 6.03. The summed E-state index contributed by atoms with van der Waals surface area (Å²) in [6.07, 6.45) is 9.06. The minimum absolute atomic E-state index is 0.0548. The Labute approximate surface area is 234 Å². The third kappa shape index (κ3) is 5.58. The second-order valence-electron chi connectivity index (χ2n) is 10.6. The van der Waals surface area contributed by atoms with E-state index in [1.807, 2.05) is 48.5 Å². The van der Waals surface area contributed by atoms with Gasteiger partial charge in [-0.25, -0.2) is 0 Å². The van der Waals surface area contributed by atoms with Crippen LogP contribution < -0.4 is 20.3 Å². The number of fused-ring (bicyclic) bond motifs is 4. The van der Waals surface area contributed by atoms with Crippen LogP contribution in [0.1, 0.15) is 72.1 Å². The third-order valence-electron chi connectivity index (χ3n) is 7.77. The molecule has 3 aromatic carbocycles. The van der Waals surface area contributed by atoms with Gasteiger partial charge in [0.2, 0.25) is 0 Å². The minimum atomic E-state index is -0.0656. The summed E-state index contributed by atoms with van der Waals surface area (Å²) in [5.41, 5.74) is 2.86. The predicted molar refractivity (Wildman–Crippen MR) is 166 cm³/mol. The van der Waals surface area contributed by atoms with E-state index in [1.165, 1.54) is 25.7 Å². The highest BCUT2D eigenvalue weighted by Gasteiger charge is 2.15. The first-order valence-corrected chi connectivity index (χ1v) is 14.9. The number of hydrogen-bond acceptors (Lipinski definition) is 4. The zero-order chi connectivity index (χ0) is 28.1. The van der Waals surface area contributed by atoms with Crippen molar-refractivity contribution in [3.05, 3.63) is 69.0 Å². The average molecular weight is 541 g/mol. The van der Waals surface area contributed by atoms with E-state index in [-0.39, 0.29) is 10.9 Å². The van der Waals surface area contributed by atoms with E-state index in [2.05, 4.69) is 30.3 Å². The maximum Gasteiger partial charge on any atom is 0.197 e. The molecule has 6 heteroatoms. The molecule has 0 aliphatic heterocycles. The van der Waals surface area contributed by atoms with Crippen LogP contribution in [0.15, 0.2) is 58.1 Å². The maximum atomic E-state index is 13.7.